The Balaban J connectivity index is 2.29. The van der Waals surface area contributed by atoms with Gasteiger partial charge in [0.2, 0.25) is 0 Å². The molecule has 0 fully saturated rings. The maximum absolute atomic E-state index is 6.06. The third-order valence-electron chi connectivity index (χ3n) is 3.26. The topological polar surface area (TPSA) is 55.9 Å². The summed E-state index contributed by atoms with van der Waals surface area (Å²) in [5.74, 6) is 1.25. The number of hydrogen-bond donors (Lipinski definition) is 2. The van der Waals surface area contributed by atoms with Crippen molar-refractivity contribution in [3.8, 4) is 0 Å². The molecule has 1 aliphatic heterocycles. The number of nitrogens with one attached hydrogen (secondary N) is 1. The minimum Gasteiger partial charge on any atom is -0.384 e. The molecule has 1 unspecified atom stereocenters. The van der Waals surface area contributed by atoms with Gasteiger partial charge in [0.25, 0.3) is 0 Å². The maximum atomic E-state index is 6.06. The zero-order valence-corrected chi connectivity index (χ0v) is 10.7. The molecule has 0 spiro atoms. The van der Waals surface area contributed by atoms with Gasteiger partial charge in [0, 0.05) is 12.1 Å². The highest BCUT2D eigenvalue weighted by atomic mass is 15.1. The summed E-state index contributed by atoms with van der Waals surface area (Å²) in [6.07, 6.45) is 10.3. The zero-order valence-electron chi connectivity index (χ0n) is 10.7. The average molecular weight is 242 g/mol. The Morgan fingerprint density at radius 1 is 1.44 bits per heavy atom. The molecule has 2 aliphatic rings. The van der Waals surface area contributed by atoms with E-state index >= 15 is 0 Å². The van der Waals surface area contributed by atoms with Crippen molar-refractivity contribution in [2.24, 2.45) is 11.7 Å². The van der Waals surface area contributed by atoms with Crippen molar-refractivity contribution in [1.29, 1.82) is 0 Å². The van der Waals surface area contributed by atoms with Crippen LogP contribution in [0.5, 0.6) is 0 Å². The van der Waals surface area contributed by atoms with Crippen LogP contribution >= 0.6 is 0 Å². The Bertz CT molecular complexity index is 646. The highest BCUT2D eigenvalue weighted by Crippen LogP contribution is 2.13. The quantitative estimate of drug-likeness (QED) is 0.756. The van der Waals surface area contributed by atoms with E-state index in [-0.39, 0.29) is 6.04 Å². The van der Waals surface area contributed by atoms with E-state index in [9.17, 15) is 0 Å². The molecule has 18 heavy (non-hydrogen) atoms. The van der Waals surface area contributed by atoms with Gasteiger partial charge < -0.3 is 15.6 Å². The predicted molar refractivity (Wildman–Crippen MR) is 72.5 cm³/mol. The Morgan fingerprint density at radius 3 is 3.06 bits per heavy atom. The van der Waals surface area contributed by atoms with Crippen LogP contribution in [0.25, 0.3) is 11.4 Å². The van der Waals surface area contributed by atoms with Gasteiger partial charge in [-0.2, -0.15) is 0 Å². The van der Waals surface area contributed by atoms with Crippen molar-refractivity contribution < 1.29 is 0 Å². The normalized spacial score (nSPS) is 20.9. The monoisotopic (exact) mass is 242 g/mol. The molecule has 3 rings (SSSR count). The lowest BCUT2D eigenvalue weighted by Crippen LogP contribution is -2.50. The van der Waals surface area contributed by atoms with Gasteiger partial charge in [-0.25, -0.2) is 4.98 Å². The third kappa shape index (κ3) is 1.65. The number of aromatic nitrogens is 2. The molecule has 4 heteroatoms. The van der Waals surface area contributed by atoms with Crippen LogP contribution in [0.3, 0.4) is 0 Å². The molecule has 2 heterocycles. The number of nitrogens with two attached hydrogens (primary N) is 1. The molecule has 0 radical (unpaired) electrons. The van der Waals surface area contributed by atoms with Gasteiger partial charge in [-0.3, -0.25) is 0 Å². The first-order chi connectivity index (χ1) is 8.66. The molecule has 0 amide bonds. The van der Waals surface area contributed by atoms with Crippen molar-refractivity contribution in [2.75, 3.05) is 0 Å². The molecule has 94 valence electrons. The second-order valence-electron chi connectivity index (χ2n) is 5.22. The SMILES string of the molecule is CC(C)Cn1cnc2c1=C1C=CC=CC1NC=2N. The Kier molecular flexibility index (Phi) is 2.51. The fourth-order valence-electron chi connectivity index (χ4n) is 2.54. The summed E-state index contributed by atoms with van der Waals surface area (Å²) in [6.45, 7) is 5.38. The van der Waals surface area contributed by atoms with Gasteiger partial charge in [0.05, 0.1) is 17.7 Å². The smallest absolute Gasteiger partial charge is 0.129 e. The summed E-state index contributed by atoms with van der Waals surface area (Å²) in [5.41, 5.74) is 7.31. The van der Waals surface area contributed by atoms with Crippen LogP contribution in [-0.2, 0) is 6.54 Å². The molecule has 1 atom stereocenters. The van der Waals surface area contributed by atoms with E-state index < -0.39 is 0 Å². The largest absolute Gasteiger partial charge is 0.384 e. The van der Waals surface area contributed by atoms with Crippen molar-refractivity contribution >= 4 is 11.4 Å². The van der Waals surface area contributed by atoms with E-state index in [0.29, 0.717) is 11.7 Å². The lowest BCUT2D eigenvalue weighted by Gasteiger charge is -2.23. The zero-order chi connectivity index (χ0) is 12.7. The fourth-order valence-corrected chi connectivity index (χ4v) is 2.54. The molecule has 0 saturated heterocycles. The van der Waals surface area contributed by atoms with Gasteiger partial charge in [-0.05, 0) is 5.92 Å². The lowest BCUT2D eigenvalue weighted by molar-refractivity contribution is 0.512. The number of imidazole rings is 1. The van der Waals surface area contributed by atoms with Crippen LogP contribution in [0.1, 0.15) is 13.8 Å². The second kappa shape index (κ2) is 4.05. The summed E-state index contributed by atoms with van der Waals surface area (Å²) in [7, 11) is 0. The van der Waals surface area contributed by atoms with Gasteiger partial charge >= 0.3 is 0 Å². The maximum Gasteiger partial charge on any atom is 0.129 e. The molecular weight excluding hydrogens is 224 g/mol. The number of allylic oxidation sites excluding steroid dienone is 2. The van der Waals surface area contributed by atoms with Crippen molar-refractivity contribution in [2.45, 2.75) is 26.4 Å². The highest BCUT2D eigenvalue weighted by Gasteiger charge is 2.20. The lowest BCUT2D eigenvalue weighted by atomic mass is 9.99. The fraction of sp³-hybridized carbons (Fsp3) is 0.357. The Hall–Kier alpha value is -1.97. The van der Waals surface area contributed by atoms with E-state index in [4.69, 9.17) is 5.73 Å². The number of fused-ring (bicyclic) bond motifs is 2. The van der Waals surface area contributed by atoms with E-state index in [0.717, 1.165) is 17.2 Å². The summed E-state index contributed by atoms with van der Waals surface area (Å²) in [6, 6.07) is 0.171. The van der Waals surface area contributed by atoms with E-state index in [1.807, 2.05) is 12.4 Å². The molecule has 0 bridgehead atoms. The van der Waals surface area contributed by atoms with E-state index in [1.54, 1.807) is 0 Å². The number of nitrogens with zero attached hydrogens (tertiary/aromatic N) is 2. The summed E-state index contributed by atoms with van der Waals surface area (Å²) in [4.78, 5) is 4.44. The minimum absolute atomic E-state index is 0.171. The molecule has 0 aromatic carbocycles. The number of hydrogen-bond acceptors (Lipinski definition) is 3. The molecule has 3 N–H and O–H groups in total. The minimum atomic E-state index is 0.171. The van der Waals surface area contributed by atoms with Crippen LogP contribution in [0, 0.1) is 5.92 Å². The predicted octanol–water partition coefficient (Wildman–Crippen LogP) is -0.188. The first-order valence-corrected chi connectivity index (χ1v) is 6.33. The Morgan fingerprint density at radius 2 is 2.28 bits per heavy atom. The molecule has 1 aliphatic carbocycles. The van der Waals surface area contributed by atoms with Crippen LogP contribution < -0.4 is 21.7 Å². The molecule has 0 saturated carbocycles. The molecular formula is C14H18N4. The standard InChI is InChI=1S/C14H18N4/c1-9(2)7-18-8-16-12-13(18)10-5-3-4-6-11(10)17-14(12)15/h3-6,8-9,11,17H,7,15H2,1-2H3. The van der Waals surface area contributed by atoms with Crippen LogP contribution in [0.2, 0.25) is 0 Å². The van der Waals surface area contributed by atoms with Crippen LogP contribution in [-0.4, -0.2) is 15.6 Å². The first-order valence-electron chi connectivity index (χ1n) is 6.33. The summed E-state index contributed by atoms with van der Waals surface area (Å²) in [5, 5.41) is 5.32. The van der Waals surface area contributed by atoms with Gasteiger partial charge in [0.1, 0.15) is 11.2 Å². The van der Waals surface area contributed by atoms with Crippen molar-refractivity contribution in [3.05, 3.63) is 41.3 Å². The number of rotatable bonds is 2. The van der Waals surface area contributed by atoms with Gasteiger partial charge in [-0.15, -0.1) is 0 Å². The van der Waals surface area contributed by atoms with Gasteiger partial charge in [-0.1, -0.05) is 38.2 Å². The van der Waals surface area contributed by atoms with E-state index in [2.05, 4.69) is 46.9 Å². The second-order valence-corrected chi connectivity index (χ2v) is 5.22. The van der Waals surface area contributed by atoms with Crippen molar-refractivity contribution in [1.82, 2.24) is 14.9 Å². The average Bonchev–Trinajstić information content (AvgIpc) is 2.73. The molecule has 1 aromatic rings. The molecule has 1 aromatic heterocycles. The van der Waals surface area contributed by atoms with Gasteiger partial charge in [0.15, 0.2) is 0 Å². The van der Waals surface area contributed by atoms with Crippen LogP contribution in [0.15, 0.2) is 30.6 Å². The summed E-state index contributed by atoms with van der Waals surface area (Å²) < 4.78 is 2.21. The Labute approximate surface area is 106 Å². The third-order valence-corrected chi connectivity index (χ3v) is 3.26. The summed E-state index contributed by atoms with van der Waals surface area (Å²) >= 11 is 0. The van der Waals surface area contributed by atoms with Crippen LogP contribution in [0.4, 0.5) is 0 Å². The highest BCUT2D eigenvalue weighted by molar-refractivity contribution is 5.69. The first kappa shape index (κ1) is 11.1. The molecule has 4 nitrogen and oxygen atoms in total. The van der Waals surface area contributed by atoms with Crippen molar-refractivity contribution in [3.63, 3.8) is 0 Å². The van der Waals surface area contributed by atoms with E-state index in [1.165, 1.54) is 5.57 Å².